The zero-order valence-electron chi connectivity index (χ0n) is 16.0. The van der Waals surface area contributed by atoms with Crippen molar-refractivity contribution in [3.8, 4) is 5.75 Å². The average Bonchev–Trinajstić information content (AvgIpc) is 3.17. The van der Waals surface area contributed by atoms with Crippen LogP contribution in [0.4, 0.5) is 5.13 Å². The Morgan fingerprint density at radius 3 is 2.62 bits per heavy atom. The van der Waals surface area contributed by atoms with E-state index in [1.165, 1.54) is 7.11 Å². The van der Waals surface area contributed by atoms with Crippen molar-refractivity contribution in [1.82, 2.24) is 14.9 Å². The zero-order chi connectivity index (χ0) is 21.0. The van der Waals surface area contributed by atoms with Crippen molar-refractivity contribution in [2.24, 2.45) is 0 Å². The predicted octanol–water partition coefficient (Wildman–Crippen LogP) is 3.15. The first kappa shape index (κ1) is 20.9. The van der Waals surface area contributed by atoms with Gasteiger partial charge >= 0.3 is 0 Å². The minimum absolute atomic E-state index is 0.0989. The fourth-order valence-electron chi connectivity index (χ4n) is 2.70. The minimum Gasteiger partial charge on any atom is -0.496 e. The number of nitrogens with one attached hydrogen (secondary N) is 2. The van der Waals surface area contributed by atoms with Crippen molar-refractivity contribution in [3.63, 3.8) is 0 Å². The third-order valence-corrected chi connectivity index (χ3v) is 6.82. The Labute approximate surface area is 173 Å². The summed E-state index contributed by atoms with van der Waals surface area (Å²) in [7, 11) is -2.41. The van der Waals surface area contributed by atoms with Crippen LogP contribution in [0.2, 0.25) is 0 Å². The minimum atomic E-state index is -3.93. The lowest BCUT2D eigenvalue weighted by Gasteiger charge is -2.16. The van der Waals surface area contributed by atoms with Crippen LogP contribution >= 0.6 is 11.3 Å². The number of carbonyl (C=O) groups is 1. The first-order valence-electron chi connectivity index (χ1n) is 8.67. The van der Waals surface area contributed by atoms with Crippen LogP contribution in [0.25, 0.3) is 0 Å². The Hall–Kier alpha value is -2.82. The Morgan fingerprint density at radius 1 is 1.14 bits per heavy atom. The molecule has 152 valence electrons. The van der Waals surface area contributed by atoms with Crippen molar-refractivity contribution >= 4 is 32.4 Å². The Bertz CT molecular complexity index is 1130. The number of rotatable bonds is 7. The zero-order valence-corrected chi connectivity index (χ0v) is 17.7. The molecule has 0 aliphatic rings. The van der Waals surface area contributed by atoms with Gasteiger partial charge < -0.3 is 4.74 Å². The van der Waals surface area contributed by atoms with E-state index in [2.05, 4.69) is 20.2 Å². The van der Waals surface area contributed by atoms with Crippen molar-refractivity contribution in [1.29, 1.82) is 0 Å². The topological polar surface area (TPSA) is 110 Å². The quantitative estimate of drug-likeness (QED) is 0.555. The van der Waals surface area contributed by atoms with Gasteiger partial charge in [-0.05, 0) is 32.0 Å². The van der Waals surface area contributed by atoms with Gasteiger partial charge in [-0.3, -0.25) is 10.1 Å². The molecule has 1 aromatic heterocycles. The third-order valence-electron chi connectivity index (χ3n) is 4.07. The van der Waals surface area contributed by atoms with Gasteiger partial charge in [0.05, 0.1) is 7.11 Å². The van der Waals surface area contributed by atoms with Gasteiger partial charge in [0.15, 0.2) is 0 Å². The number of hydrogen-bond acceptors (Lipinski definition) is 7. The maximum atomic E-state index is 12.7. The molecular weight excluding hydrogens is 412 g/mol. The summed E-state index contributed by atoms with van der Waals surface area (Å²) in [4.78, 5) is 12.3. The second-order valence-electron chi connectivity index (χ2n) is 6.28. The average molecular weight is 433 g/mol. The fraction of sp³-hybridized carbons (Fsp3) is 0.211. The first-order chi connectivity index (χ1) is 13.8. The van der Waals surface area contributed by atoms with Gasteiger partial charge in [0.2, 0.25) is 9.47 Å². The molecule has 3 aromatic rings. The third kappa shape index (κ3) is 4.97. The highest BCUT2D eigenvalue weighted by atomic mass is 32.2. The van der Waals surface area contributed by atoms with Gasteiger partial charge in [-0.2, -0.15) is 0 Å². The summed E-state index contributed by atoms with van der Waals surface area (Å²) in [6.07, 6.45) is 0. The SMILES string of the molecule is COc1ccccc1[C@@H](C)NS(=O)(=O)c1nnc(NC(=O)c2cccc(C)c2)s1. The number of aromatic nitrogens is 2. The van der Waals surface area contributed by atoms with Gasteiger partial charge in [-0.1, -0.05) is 47.2 Å². The highest BCUT2D eigenvalue weighted by molar-refractivity contribution is 7.91. The second-order valence-corrected chi connectivity index (χ2v) is 9.15. The maximum absolute atomic E-state index is 12.7. The van der Waals surface area contributed by atoms with Crippen LogP contribution in [0, 0.1) is 6.92 Å². The van der Waals surface area contributed by atoms with Gasteiger partial charge in [-0.15, -0.1) is 10.2 Å². The first-order valence-corrected chi connectivity index (χ1v) is 11.0. The van der Waals surface area contributed by atoms with E-state index in [0.29, 0.717) is 16.9 Å². The Balaban J connectivity index is 1.74. The van der Waals surface area contributed by atoms with Gasteiger partial charge in [0.25, 0.3) is 15.9 Å². The molecule has 0 unspecified atom stereocenters. The second kappa shape index (κ2) is 8.68. The highest BCUT2D eigenvalue weighted by Gasteiger charge is 2.25. The summed E-state index contributed by atoms with van der Waals surface area (Å²) in [6, 6.07) is 13.6. The normalized spacial score (nSPS) is 12.4. The standard InChI is InChI=1S/C19H20N4O4S2/c1-12-7-6-8-14(11-12)17(24)20-18-21-22-19(28-18)29(25,26)23-13(2)15-9-4-5-10-16(15)27-3/h4-11,13,23H,1-3H3,(H,20,21,24)/t13-/m1/s1. The molecule has 2 N–H and O–H groups in total. The molecule has 0 aliphatic carbocycles. The number of aryl methyl sites for hydroxylation is 1. The Morgan fingerprint density at radius 2 is 1.90 bits per heavy atom. The Kier molecular flexibility index (Phi) is 6.26. The van der Waals surface area contributed by atoms with Gasteiger partial charge in [0.1, 0.15) is 5.75 Å². The van der Waals surface area contributed by atoms with Crippen LogP contribution in [-0.4, -0.2) is 31.6 Å². The van der Waals surface area contributed by atoms with Gasteiger partial charge in [0, 0.05) is 17.2 Å². The molecule has 1 heterocycles. The van der Waals surface area contributed by atoms with Crippen molar-refractivity contribution in [2.75, 3.05) is 12.4 Å². The molecule has 0 saturated heterocycles. The monoisotopic (exact) mass is 432 g/mol. The molecule has 0 aliphatic heterocycles. The number of ether oxygens (including phenoxy) is 1. The van der Waals surface area contributed by atoms with Crippen LogP contribution in [0.5, 0.6) is 5.75 Å². The molecule has 2 aromatic carbocycles. The smallest absolute Gasteiger partial charge is 0.270 e. The van der Waals surface area contributed by atoms with Crippen molar-refractivity contribution in [3.05, 3.63) is 65.2 Å². The van der Waals surface area contributed by atoms with E-state index >= 15 is 0 Å². The summed E-state index contributed by atoms with van der Waals surface area (Å²) < 4.78 is 32.9. The molecule has 0 fully saturated rings. The number of benzene rings is 2. The number of nitrogens with zero attached hydrogens (tertiary/aromatic N) is 2. The van der Waals surface area contributed by atoms with Crippen LogP contribution in [0.1, 0.15) is 34.5 Å². The highest BCUT2D eigenvalue weighted by Crippen LogP contribution is 2.27. The molecule has 1 amide bonds. The number of amides is 1. The lowest BCUT2D eigenvalue weighted by Crippen LogP contribution is -2.27. The number of hydrogen-bond donors (Lipinski definition) is 2. The van der Waals surface area contributed by atoms with E-state index in [1.807, 2.05) is 13.0 Å². The molecule has 10 heteroatoms. The molecule has 3 rings (SSSR count). The van der Waals surface area contributed by atoms with E-state index in [-0.39, 0.29) is 15.4 Å². The largest absolute Gasteiger partial charge is 0.496 e. The van der Waals surface area contributed by atoms with E-state index in [0.717, 1.165) is 16.9 Å². The molecule has 29 heavy (non-hydrogen) atoms. The molecular formula is C19H20N4O4S2. The summed E-state index contributed by atoms with van der Waals surface area (Å²) in [5.74, 6) is 0.190. The molecule has 8 nitrogen and oxygen atoms in total. The van der Waals surface area contributed by atoms with E-state index in [4.69, 9.17) is 4.74 Å². The molecule has 0 spiro atoms. The van der Waals surface area contributed by atoms with Crippen LogP contribution in [0.3, 0.4) is 0 Å². The molecule has 1 atom stereocenters. The number of anilines is 1. The lowest BCUT2D eigenvalue weighted by molar-refractivity contribution is 0.102. The van der Waals surface area contributed by atoms with E-state index in [1.54, 1.807) is 49.4 Å². The summed E-state index contributed by atoms with van der Waals surface area (Å²) >= 11 is 0.778. The summed E-state index contributed by atoms with van der Waals surface area (Å²) in [6.45, 7) is 3.58. The maximum Gasteiger partial charge on any atom is 0.270 e. The lowest BCUT2D eigenvalue weighted by atomic mass is 10.1. The summed E-state index contributed by atoms with van der Waals surface area (Å²) in [5.41, 5.74) is 2.08. The molecule has 0 bridgehead atoms. The van der Waals surface area contributed by atoms with E-state index in [9.17, 15) is 13.2 Å². The molecule has 0 saturated carbocycles. The number of carbonyl (C=O) groups excluding carboxylic acids is 1. The number of para-hydroxylation sites is 1. The van der Waals surface area contributed by atoms with Crippen LogP contribution < -0.4 is 14.8 Å². The van der Waals surface area contributed by atoms with Crippen LogP contribution in [0.15, 0.2) is 52.9 Å². The van der Waals surface area contributed by atoms with Crippen molar-refractivity contribution < 1.29 is 17.9 Å². The predicted molar refractivity (Wildman–Crippen MR) is 111 cm³/mol. The van der Waals surface area contributed by atoms with Crippen LogP contribution in [-0.2, 0) is 10.0 Å². The number of sulfonamides is 1. The number of methoxy groups -OCH3 is 1. The molecule has 0 radical (unpaired) electrons. The van der Waals surface area contributed by atoms with Gasteiger partial charge in [-0.25, -0.2) is 13.1 Å². The van der Waals surface area contributed by atoms with E-state index < -0.39 is 16.1 Å². The summed E-state index contributed by atoms with van der Waals surface area (Å²) in [5, 5.41) is 10.2. The van der Waals surface area contributed by atoms with Crippen molar-refractivity contribution in [2.45, 2.75) is 24.2 Å². The fourth-order valence-corrected chi connectivity index (χ4v) is 4.83.